The molecule has 0 saturated carbocycles. The Labute approximate surface area is 152 Å². The number of anilines is 1. The van der Waals surface area contributed by atoms with Gasteiger partial charge in [-0.15, -0.1) is 0 Å². The number of para-hydroxylation sites is 1. The molecule has 1 aromatic carbocycles. The fraction of sp³-hybridized carbons (Fsp3) is 0.353. The molecule has 1 aliphatic rings. The number of nitrogens with zero attached hydrogens (tertiary/aromatic N) is 2. The van der Waals surface area contributed by atoms with Gasteiger partial charge in [-0.3, -0.25) is 0 Å². The molecule has 7 heteroatoms. The molecule has 4 nitrogen and oxygen atoms in total. The first-order valence-electron chi connectivity index (χ1n) is 7.61. The van der Waals surface area contributed by atoms with Crippen molar-refractivity contribution in [2.45, 2.75) is 25.2 Å². The topological polar surface area (TPSA) is 34.6 Å². The average Bonchev–Trinajstić information content (AvgIpc) is 2.99. The zero-order valence-corrected chi connectivity index (χ0v) is 15.0. The third kappa shape index (κ3) is 4.54. The van der Waals surface area contributed by atoms with Gasteiger partial charge in [0.05, 0.1) is 19.2 Å². The molecule has 0 bridgehead atoms. The zero-order chi connectivity index (χ0) is 16.9. The van der Waals surface area contributed by atoms with E-state index < -0.39 is 6.61 Å². The van der Waals surface area contributed by atoms with Crippen LogP contribution in [-0.4, -0.2) is 36.9 Å². The quantitative estimate of drug-likeness (QED) is 0.630. The highest BCUT2D eigenvalue weighted by Crippen LogP contribution is 2.28. The van der Waals surface area contributed by atoms with E-state index >= 15 is 0 Å². The average molecular weight is 446 g/mol. The summed E-state index contributed by atoms with van der Waals surface area (Å²) in [4.78, 5) is 6.29. The SMILES string of the molecule is FC(F)OC[C@@H]1C[C@H](Oc2ccc(I)cn2)CN1c1ccccc1. The molecule has 0 aliphatic carbocycles. The summed E-state index contributed by atoms with van der Waals surface area (Å²) in [6.45, 7) is -2.19. The second kappa shape index (κ2) is 8.06. The molecule has 0 spiro atoms. The van der Waals surface area contributed by atoms with Crippen molar-refractivity contribution in [3.05, 3.63) is 52.2 Å². The number of benzene rings is 1. The predicted molar refractivity (Wildman–Crippen MR) is 95.5 cm³/mol. The van der Waals surface area contributed by atoms with Crippen LogP contribution in [-0.2, 0) is 4.74 Å². The van der Waals surface area contributed by atoms with E-state index in [2.05, 4.69) is 37.2 Å². The lowest BCUT2D eigenvalue weighted by atomic mass is 10.2. The highest BCUT2D eigenvalue weighted by molar-refractivity contribution is 14.1. The Hall–Kier alpha value is -1.48. The molecule has 0 radical (unpaired) electrons. The van der Waals surface area contributed by atoms with Gasteiger partial charge in [-0.1, -0.05) is 18.2 Å². The number of pyridine rings is 1. The number of ether oxygens (including phenoxy) is 2. The van der Waals surface area contributed by atoms with Gasteiger partial charge in [-0.05, 0) is 40.8 Å². The Morgan fingerprint density at radius 3 is 2.67 bits per heavy atom. The van der Waals surface area contributed by atoms with E-state index in [0.717, 1.165) is 9.26 Å². The number of rotatable bonds is 6. The molecule has 128 valence electrons. The minimum atomic E-state index is -2.76. The minimum Gasteiger partial charge on any atom is -0.472 e. The van der Waals surface area contributed by atoms with Crippen LogP contribution in [0, 0.1) is 3.57 Å². The maximum Gasteiger partial charge on any atom is 0.345 e. The van der Waals surface area contributed by atoms with E-state index in [1.165, 1.54) is 0 Å². The van der Waals surface area contributed by atoms with Gasteiger partial charge in [0.15, 0.2) is 0 Å². The zero-order valence-electron chi connectivity index (χ0n) is 12.8. The number of hydrogen-bond acceptors (Lipinski definition) is 4. The fourth-order valence-corrected chi connectivity index (χ4v) is 3.16. The van der Waals surface area contributed by atoms with E-state index in [1.54, 1.807) is 6.20 Å². The Bertz CT molecular complexity index is 643. The maximum absolute atomic E-state index is 12.4. The fourth-order valence-electron chi connectivity index (χ4n) is 2.84. The maximum atomic E-state index is 12.4. The Morgan fingerprint density at radius 2 is 2.00 bits per heavy atom. The van der Waals surface area contributed by atoms with Crippen LogP contribution >= 0.6 is 22.6 Å². The van der Waals surface area contributed by atoms with E-state index in [9.17, 15) is 8.78 Å². The first kappa shape index (κ1) is 17.3. The van der Waals surface area contributed by atoms with E-state index in [4.69, 9.17) is 4.74 Å². The standard InChI is InChI=1S/C17H17F2IN2O2/c18-17(19)23-11-14-8-15(24-16-7-6-12(20)9-21-16)10-22(14)13-4-2-1-3-5-13/h1-7,9,14-15,17H,8,10-11H2/t14-,15-/m0/s1. The summed E-state index contributed by atoms with van der Waals surface area (Å²) in [7, 11) is 0. The van der Waals surface area contributed by atoms with Crippen molar-refractivity contribution in [1.82, 2.24) is 4.98 Å². The molecule has 1 aromatic heterocycles. The van der Waals surface area contributed by atoms with Gasteiger partial charge >= 0.3 is 6.61 Å². The van der Waals surface area contributed by atoms with Crippen molar-refractivity contribution in [3.8, 4) is 5.88 Å². The molecular formula is C17H17F2IN2O2. The van der Waals surface area contributed by atoms with Crippen LogP contribution in [0.2, 0.25) is 0 Å². The van der Waals surface area contributed by atoms with Gasteiger partial charge in [0, 0.05) is 27.9 Å². The van der Waals surface area contributed by atoms with E-state index in [1.807, 2.05) is 42.5 Å². The second-order valence-corrected chi connectivity index (χ2v) is 6.77. The number of halogens is 3. The number of alkyl halides is 2. The lowest BCUT2D eigenvalue weighted by molar-refractivity contribution is -0.131. The van der Waals surface area contributed by atoms with Crippen LogP contribution in [0.1, 0.15) is 6.42 Å². The van der Waals surface area contributed by atoms with Crippen LogP contribution in [0.5, 0.6) is 5.88 Å². The molecule has 3 rings (SSSR count). The highest BCUT2D eigenvalue weighted by atomic mass is 127. The molecule has 1 aliphatic heterocycles. The van der Waals surface area contributed by atoms with Crippen molar-refractivity contribution in [1.29, 1.82) is 0 Å². The molecule has 24 heavy (non-hydrogen) atoms. The molecule has 2 heterocycles. The van der Waals surface area contributed by atoms with Crippen molar-refractivity contribution in [3.63, 3.8) is 0 Å². The van der Waals surface area contributed by atoms with E-state index in [0.29, 0.717) is 18.8 Å². The molecule has 2 aromatic rings. The lowest BCUT2D eigenvalue weighted by Gasteiger charge is -2.26. The van der Waals surface area contributed by atoms with Crippen LogP contribution < -0.4 is 9.64 Å². The molecule has 0 N–H and O–H groups in total. The Balaban J connectivity index is 1.70. The van der Waals surface area contributed by atoms with Gasteiger partial charge in [-0.2, -0.15) is 8.78 Å². The third-order valence-electron chi connectivity index (χ3n) is 3.87. The summed E-state index contributed by atoms with van der Waals surface area (Å²) >= 11 is 2.18. The Morgan fingerprint density at radius 1 is 1.21 bits per heavy atom. The van der Waals surface area contributed by atoms with Gasteiger partial charge < -0.3 is 14.4 Å². The summed E-state index contributed by atoms with van der Waals surface area (Å²) in [5.74, 6) is 0.545. The first-order valence-corrected chi connectivity index (χ1v) is 8.69. The first-order chi connectivity index (χ1) is 11.6. The number of aromatic nitrogens is 1. The second-order valence-electron chi connectivity index (χ2n) is 5.53. The largest absolute Gasteiger partial charge is 0.472 e. The van der Waals surface area contributed by atoms with E-state index in [-0.39, 0.29) is 18.8 Å². The van der Waals surface area contributed by atoms with Gasteiger partial charge in [0.1, 0.15) is 6.10 Å². The molecule has 1 saturated heterocycles. The number of hydrogen-bond donors (Lipinski definition) is 0. The van der Waals surface area contributed by atoms with Crippen molar-refractivity contribution in [2.24, 2.45) is 0 Å². The van der Waals surface area contributed by atoms with Crippen LogP contribution in [0.25, 0.3) is 0 Å². The summed E-state index contributed by atoms with van der Waals surface area (Å²) in [5.41, 5.74) is 0.974. The Kier molecular flexibility index (Phi) is 5.83. The van der Waals surface area contributed by atoms with Crippen LogP contribution in [0.3, 0.4) is 0 Å². The smallest absolute Gasteiger partial charge is 0.345 e. The monoisotopic (exact) mass is 446 g/mol. The predicted octanol–water partition coefficient (Wildman–Crippen LogP) is 3.95. The van der Waals surface area contributed by atoms with Crippen molar-refractivity contribution < 1.29 is 18.3 Å². The summed E-state index contributed by atoms with van der Waals surface area (Å²) in [5, 5.41) is 0. The van der Waals surface area contributed by atoms with Crippen LogP contribution in [0.15, 0.2) is 48.7 Å². The van der Waals surface area contributed by atoms with Crippen molar-refractivity contribution in [2.75, 3.05) is 18.1 Å². The molecular weight excluding hydrogens is 429 g/mol. The summed E-state index contributed by atoms with van der Waals surface area (Å²) < 4.78 is 36.3. The molecule has 1 fully saturated rings. The molecule has 0 unspecified atom stereocenters. The lowest BCUT2D eigenvalue weighted by Crippen LogP contribution is -2.34. The van der Waals surface area contributed by atoms with Crippen molar-refractivity contribution >= 4 is 28.3 Å². The summed E-state index contributed by atoms with van der Waals surface area (Å²) in [6.07, 6.45) is 2.22. The molecule has 2 atom stereocenters. The van der Waals surface area contributed by atoms with Gasteiger partial charge in [0.25, 0.3) is 0 Å². The van der Waals surface area contributed by atoms with Gasteiger partial charge in [-0.25, -0.2) is 4.98 Å². The normalized spacial score (nSPS) is 20.6. The summed E-state index contributed by atoms with van der Waals surface area (Å²) in [6, 6.07) is 13.3. The minimum absolute atomic E-state index is 0.0352. The van der Waals surface area contributed by atoms with Gasteiger partial charge in [0.2, 0.25) is 5.88 Å². The van der Waals surface area contributed by atoms with Crippen LogP contribution in [0.4, 0.5) is 14.5 Å². The highest BCUT2D eigenvalue weighted by Gasteiger charge is 2.34. The molecule has 0 amide bonds. The third-order valence-corrected chi connectivity index (χ3v) is 4.50.